The van der Waals surface area contributed by atoms with E-state index < -0.39 is 0 Å². The second-order valence-electron chi connectivity index (χ2n) is 6.88. The van der Waals surface area contributed by atoms with Crippen molar-refractivity contribution in [3.63, 3.8) is 0 Å². The van der Waals surface area contributed by atoms with Gasteiger partial charge < -0.3 is 10.2 Å². The molecule has 0 radical (unpaired) electrons. The minimum Gasteiger partial charge on any atom is -0.342 e. The Labute approximate surface area is 122 Å². The van der Waals surface area contributed by atoms with Crippen molar-refractivity contribution in [1.29, 1.82) is 0 Å². The van der Waals surface area contributed by atoms with E-state index in [1.807, 2.05) is 0 Å². The highest BCUT2D eigenvalue weighted by molar-refractivity contribution is 5.80. The number of nitrogens with zero attached hydrogens (tertiary/aromatic N) is 1. The molecule has 1 amide bonds. The summed E-state index contributed by atoms with van der Waals surface area (Å²) < 4.78 is 0. The van der Waals surface area contributed by atoms with Crippen molar-refractivity contribution in [1.82, 2.24) is 10.2 Å². The fraction of sp³-hybridized carbons (Fsp3) is 0.824. The topological polar surface area (TPSA) is 32.3 Å². The van der Waals surface area contributed by atoms with E-state index in [1.54, 1.807) is 0 Å². The molecule has 0 aromatic carbocycles. The molecule has 3 rings (SSSR count). The third-order valence-corrected chi connectivity index (χ3v) is 5.28. The summed E-state index contributed by atoms with van der Waals surface area (Å²) in [5.41, 5.74) is 0. The molecule has 0 aromatic rings. The Morgan fingerprint density at radius 3 is 2.85 bits per heavy atom. The number of carbonyl (C=O) groups excluding carboxylic acids is 1. The predicted octanol–water partition coefficient (Wildman–Crippen LogP) is 2.44. The SMILES string of the molecule is CCCN(CC1CCCNC1)C(=O)C1CC2C=CC1C2. The lowest BCUT2D eigenvalue weighted by atomic mass is 9.91. The van der Waals surface area contributed by atoms with Crippen molar-refractivity contribution in [2.45, 2.75) is 39.0 Å². The van der Waals surface area contributed by atoms with Crippen molar-refractivity contribution in [3.05, 3.63) is 12.2 Å². The summed E-state index contributed by atoms with van der Waals surface area (Å²) in [7, 11) is 0. The van der Waals surface area contributed by atoms with Crippen LogP contribution in [0.15, 0.2) is 12.2 Å². The van der Waals surface area contributed by atoms with Crippen LogP contribution in [-0.4, -0.2) is 37.0 Å². The molecule has 3 nitrogen and oxygen atoms in total. The minimum atomic E-state index is 0.285. The Morgan fingerprint density at radius 2 is 2.25 bits per heavy atom. The highest BCUT2D eigenvalue weighted by atomic mass is 16.2. The van der Waals surface area contributed by atoms with Gasteiger partial charge in [-0.05, 0) is 62.9 Å². The first-order valence-electron chi connectivity index (χ1n) is 8.45. The number of allylic oxidation sites excluding steroid dienone is 2. The van der Waals surface area contributed by atoms with E-state index in [0.29, 0.717) is 23.7 Å². The lowest BCUT2D eigenvalue weighted by Gasteiger charge is -2.33. The molecule has 1 aliphatic heterocycles. The second-order valence-corrected chi connectivity index (χ2v) is 6.88. The monoisotopic (exact) mass is 276 g/mol. The molecule has 1 saturated heterocycles. The van der Waals surface area contributed by atoms with Crippen molar-refractivity contribution in [2.75, 3.05) is 26.2 Å². The van der Waals surface area contributed by atoms with E-state index in [9.17, 15) is 4.79 Å². The normalized spacial score (nSPS) is 35.5. The average molecular weight is 276 g/mol. The van der Waals surface area contributed by atoms with Crippen molar-refractivity contribution < 1.29 is 4.79 Å². The molecule has 3 aliphatic rings. The molecule has 3 heteroatoms. The number of carbonyl (C=O) groups is 1. The van der Waals surface area contributed by atoms with Gasteiger partial charge in [0.15, 0.2) is 0 Å². The van der Waals surface area contributed by atoms with Crippen LogP contribution in [0.4, 0.5) is 0 Å². The molecule has 2 fully saturated rings. The van der Waals surface area contributed by atoms with Gasteiger partial charge in [0, 0.05) is 19.0 Å². The van der Waals surface area contributed by atoms with E-state index in [0.717, 1.165) is 39.0 Å². The maximum absolute atomic E-state index is 12.9. The van der Waals surface area contributed by atoms with E-state index >= 15 is 0 Å². The number of hydrogen-bond acceptors (Lipinski definition) is 2. The fourth-order valence-electron chi connectivity index (χ4n) is 4.25. The van der Waals surface area contributed by atoms with Crippen LogP contribution in [0.2, 0.25) is 0 Å². The summed E-state index contributed by atoms with van der Waals surface area (Å²) in [6.45, 7) is 6.32. The molecule has 1 N–H and O–H groups in total. The zero-order valence-corrected chi connectivity index (χ0v) is 12.7. The maximum Gasteiger partial charge on any atom is 0.226 e. The van der Waals surface area contributed by atoms with E-state index in [-0.39, 0.29) is 5.92 Å². The number of nitrogens with one attached hydrogen (secondary N) is 1. The largest absolute Gasteiger partial charge is 0.342 e. The number of fused-ring (bicyclic) bond motifs is 2. The van der Waals surface area contributed by atoms with Crippen molar-refractivity contribution >= 4 is 5.91 Å². The van der Waals surface area contributed by atoms with Gasteiger partial charge in [-0.3, -0.25) is 4.79 Å². The van der Waals surface area contributed by atoms with Crippen molar-refractivity contribution in [2.24, 2.45) is 23.7 Å². The maximum atomic E-state index is 12.9. The van der Waals surface area contributed by atoms with Crippen LogP contribution in [-0.2, 0) is 4.79 Å². The smallest absolute Gasteiger partial charge is 0.226 e. The molecule has 4 atom stereocenters. The Kier molecular flexibility index (Phi) is 4.45. The fourth-order valence-corrected chi connectivity index (χ4v) is 4.25. The third kappa shape index (κ3) is 2.93. The predicted molar refractivity (Wildman–Crippen MR) is 81.3 cm³/mol. The summed E-state index contributed by atoms with van der Waals surface area (Å²) in [6.07, 6.45) is 10.5. The van der Waals surface area contributed by atoms with Gasteiger partial charge in [0.05, 0.1) is 0 Å². The molecule has 2 bridgehead atoms. The molecule has 0 spiro atoms. The summed E-state index contributed by atoms with van der Waals surface area (Å²) >= 11 is 0. The lowest BCUT2D eigenvalue weighted by Crippen LogP contribution is -2.44. The Morgan fingerprint density at radius 1 is 1.35 bits per heavy atom. The van der Waals surface area contributed by atoms with Crippen LogP contribution < -0.4 is 5.32 Å². The van der Waals surface area contributed by atoms with Crippen LogP contribution in [0.25, 0.3) is 0 Å². The van der Waals surface area contributed by atoms with Crippen LogP contribution in [0, 0.1) is 23.7 Å². The van der Waals surface area contributed by atoms with Crippen LogP contribution >= 0.6 is 0 Å². The first-order valence-corrected chi connectivity index (χ1v) is 8.45. The number of amides is 1. The second kappa shape index (κ2) is 6.30. The molecule has 112 valence electrons. The third-order valence-electron chi connectivity index (χ3n) is 5.28. The summed E-state index contributed by atoms with van der Waals surface area (Å²) in [5, 5.41) is 3.47. The Bertz CT molecular complexity index is 373. The molecular weight excluding hydrogens is 248 g/mol. The van der Waals surface area contributed by atoms with Gasteiger partial charge in [0.2, 0.25) is 5.91 Å². The molecule has 1 heterocycles. The van der Waals surface area contributed by atoms with Gasteiger partial charge in [-0.25, -0.2) is 0 Å². The minimum absolute atomic E-state index is 0.285. The van der Waals surface area contributed by atoms with Crippen molar-refractivity contribution in [3.8, 4) is 0 Å². The molecule has 1 saturated carbocycles. The molecule has 2 aliphatic carbocycles. The zero-order valence-electron chi connectivity index (χ0n) is 12.7. The summed E-state index contributed by atoms with van der Waals surface area (Å²) in [4.78, 5) is 15.0. The van der Waals surface area contributed by atoms with Crippen LogP contribution in [0.3, 0.4) is 0 Å². The van der Waals surface area contributed by atoms with E-state index in [2.05, 4.69) is 29.3 Å². The molecular formula is C17H28N2O. The zero-order chi connectivity index (χ0) is 13.9. The van der Waals surface area contributed by atoms with E-state index in [4.69, 9.17) is 0 Å². The Hall–Kier alpha value is -0.830. The van der Waals surface area contributed by atoms with Gasteiger partial charge in [-0.15, -0.1) is 0 Å². The molecule has 0 aromatic heterocycles. The van der Waals surface area contributed by atoms with Gasteiger partial charge in [0.25, 0.3) is 0 Å². The molecule has 20 heavy (non-hydrogen) atoms. The first-order chi connectivity index (χ1) is 9.78. The lowest BCUT2D eigenvalue weighted by molar-refractivity contribution is -0.137. The van der Waals surface area contributed by atoms with Crippen LogP contribution in [0.1, 0.15) is 39.0 Å². The first kappa shape index (κ1) is 14.1. The Balaban J connectivity index is 1.60. The summed E-state index contributed by atoms with van der Waals surface area (Å²) in [5.74, 6) is 2.61. The highest BCUT2D eigenvalue weighted by Gasteiger charge is 2.41. The standard InChI is InChI=1S/C17H28N2O/c1-2-8-19(12-14-4-3-7-18-11-14)17(20)16-10-13-5-6-15(16)9-13/h5-6,13-16,18H,2-4,7-12H2,1H3. The number of hydrogen-bond donors (Lipinski definition) is 1. The van der Waals surface area contributed by atoms with Gasteiger partial charge >= 0.3 is 0 Å². The van der Waals surface area contributed by atoms with E-state index in [1.165, 1.54) is 19.3 Å². The highest BCUT2D eigenvalue weighted by Crippen LogP contribution is 2.44. The van der Waals surface area contributed by atoms with Gasteiger partial charge in [-0.2, -0.15) is 0 Å². The average Bonchev–Trinajstić information content (AvgIpc) is 3.10. The summed E-state index contributed by atoms with van der Waals surface area (Å²) in [6, 6.07) is 0. The molecule has 4 unspecified atom stereocenters. The quantitative estimate of drug-likeness (QED) is 0.782. The number of piperidine rings is 1. The number of rotatable bonds is 5. The van der Waals surface area contributed by atoms with Crippen LogP contribution in [0.5, 0.6) is 0 Å². The van der Waals surface area contributed by atoms with Gasteiger partial charge in [0.1, 0.15) is 0 Å². The van der Waals surface area contributed by atoms with Gasteiger partial charge in [-0.1, -0.05) is 19.1 Å².